The van der Waals surface area contributed by atoms with E-state index in [-0.39, 0.29) is 12.0 Å². The van der Waals surface area contributed by atoms with Crippen LogP contribution in [-0.2, 0) is 0 Å². The second-order valence-corrected chi connectivity index (χ2v) is 4.05. The standard InChI is InChI=1S/C9H18N4O2/c1-7(8-5-3-2-4-6-8)11-9(10)12-13(14)15/h7-8H,2-6H2,1H3,(H3,10,11,12)/t7-/m0/s1. The van der Waals surface area contributed by atoms with E-state index in [2.05, 4.69) is 10.4 Å². The van der Waals surface area contributed by atoms with E-state index in [1.165, 1.54) is 32.1 Å². The summed E-state index contributed by atoms with van der Waals surface area (Å²) in [5.41, 5.74) is 5.38. The molecule has 1 rings (SSSR count). The maximum Gasteiger partial charge on any atom is 0.266 e. The van der Waals surface area contributed by atoms with E-state index in [4.69, 9.17) is 5.73 Å². The van der Waals surface area contributed by atoms with Gasteiger partial charge in [-0.1, -0.05) is 19.3 Å². The summed E-state index contributed by atoms with van der Waals surface area (Å²) in [5.74, 6) is 0.456. The van der Waals surface area contributed by atoms with E-state index in [0.29, 0.717) is 5.92 Å². The number of nitrogens with zero attached hydrogens (tertiary/aromatic N) is 2. The lowest BCUT2D eigenvalue weighted by atomic mass is 9.85. The van der Waals surface area contributed by atoms with Crippen molar-refractivity contribution in [1.29, 1.82) is 0 Å². The van der Waals surface area contributed by atoms with Gasteiger partial charge in [-0.2, -0.15) is 0 Å². The fourth-order valence-electron chi connectivity index (χ4n) is 2.10. The summed E-state index contributed by atoms with van der Waals surface area (Å²) in [5, 5.41) is 15.2. The van der Waals surface area contributed by atoms with Gasteiger partial charge in [0.25, 0.3) is 5.96 Å². The fraction of sp³-hybridized carbons (Fsp3) is 0.889. The Hall–Kier alpha value is -1.33. The van der Waals surface area contributed by atoms with Crippen LogP contribution in [0.5, 0.6) is 0 Å². The predicted octanol–water partition coefficient (Wildman–Crippen LogP) is 1.05. The second kappa shape index (κ2) is 5.53. The molecule has 0 heterocycles. The summed E-state index contributed by atoms with van der Waals surface area (Å²) in [6.45, 7) is 2.00. The molecule has 0 amide bonds. The lowest BCUT2D eigenvalue weighted by Gasteiger charge is -2.27. The first-order chi connectivity index (χ1) is 7.09. The zero-order chi connectivity index (χ0) is 11.3. The number of hydrogen-bond acceptors (Lipinski definition) is 2. The van der Waals surface area contributed by atoms with E-state index >= 15 is 0 Å². The minimum absolute atomic E-state index is 0.0990. The normalized spacial score (nSPS) is 21.0. The van der Waals surface area contributed by atoms with Gasteiger partial charge in [-0.15, -0.1) is 0 Å². The molecule has 0 spiro atoms. The number of rotatable bonds is 3. The quantitative estimate of drug-likeness (QED) is 0.318. The summed E-state index contributed by atoms with van der Waals surface area (Å²) >= 11 is 0. The Labute approximate surface area is 89.1 Å². The Morgan fingerprint density at radius 2 is 2.13 bits per heavy atom. The molecule has 0 aliphatic heterocycles. The Kier molecular flexibility index (Phi) is 4.33. The Morgan fingerprint density at radius 3 is 2.67 bits per heavy atom. The highest BCUT2D eigenvalue weighted by molar-refractivity contribution is 5.77. The summed E-state index contributed by atoms with van der Waals surface area (Å²) in [6, 6.07) is 0.161. The van der Waals surface area contributed by atoms with Crippen LogP contribution in [0.25, 0.3) is 0 Å². The van der Waals surface area contributed by atoms with Gasteiger partial charge < -0.3 is 11.1 Å². The highest BCUT2D eigenvalue weighted by atomic mass is 16.7. The molecule has 86 valence electrons. The number of guanidine groups is 1. The van der Waals surface area contributed by atoms with Crippen LogP contribution in [-0.4, -0.2) is 17.0 Å². The molecular formula is C9H18N4O2. The molecule has 0 unspecified atom stereocenters. The Balaban J connectivity index is 2.39. The lowest BCUT2D eigenvalue weighted by molar-refractivity contribution is -0.485. The minimum atomic E-state index is -0.782. The highest BCUT2D eigenvalue weighted by Crippen LogP contribution is 2.26. The molecule has 0 bridgehead atoms. The third-order valence-corrected chi connectivity index (χ3v) is 2.92. The number of nitro groups is 1. The smallest absolute Gasteiger partial charge is 0.266 e. The van der Waals surface area contributed by atoms with Crippen LogP contribution in [0.1, 0.15) is 39.0 Å². The summed E-state index contributed by atoms with van der Waals surface area (Å²) in [6.07, 6.45) is 6.10. The van der Waals surface area contributed by atoms with E-state index < -0.39 is 5.03 Å². The first kappa shape index (κ1) is 11.7. The lowest BCUT2D eigenvalue weighted by Crippen LogP contribution is -2.43. The molecule has 1 atom stereocenters. The van der Waals surface area contributed by atoms with Gasteiger partial charge in [0.1, 0.15) is 5.10 Å². The molecule has 0 saturated heterocycles. The van der Waals surface area contributed by atoms with E-state index in [1.54, 1.807) is 0 Å². The van der Waals surface area contributed by atoms with Crippen LogP contribution >= 0.6 is 0 Å². The molecule has 1 fully saturated rings. The summed E-state index contributed by atoms with van der Waals surface area (Å²) < 4.78 is 0. The Bertz CT molecular complexity index is 248. The van der Waals surface area contributed by atoms with Crippen molar-refractivity contribution < 1.29 is 5.03 Å². The van der Waals surface area contributed by atoms with Crippen molar-refractivity contribution in [3.05, 3.63) is 10.1 Å². The van der Waals surface area contributed by atoms with Crippen molar-refractivity contribution in [3.8, 4) is 0 Å². The van der Waals surface area contributed by atoms with Crippen LogP contribution in [0.4, 0.5) is 0 Å². The van der Waals surface area contributed by atoms with Gasteiger partial charge in [-0.05, 0) is 25.7 Å². The first-order valence-electron chi connectivity index (χ1n) is 5.34. The van der Waals surface area contributed by atoms with Gasteiger partial charge in [0, 0.05) is 6.04 Å². The average molecular weight is 214 g/mol. The van der Waals surface area contributed by atoms with Crippen LogP contribution < -0.4 is 11.1 Å². The van der Waals surface area contributed by atoms with Crippen molar-refractivity contribution in [2.75, 3.05) is 0 Å². The molecule has 0 aromatic heterocycles. The van der Waals surface area contributed by atoms with Gasteiger partial charge in [0.05, 0.1) is 0 Å². The highest BCUT2D eigenvalue weighted by Gasteiger charge is 2.20. The van der Waals surface area contributed by atoms with Crippen molar-refractivity contribution in [2.45, 2.75) is 45.1 Å². The van der Waals surface area contributed by atoms with Gasteiger partial charge in [0.2, 0.25) is 0 Å². The van der Waals surface area contributed by atoms with Crippen LogP contribution in [0.2, 0.25) is 0 Å². The van der Waals surface area contributed by atoms with E-state index in [1.807, 2.05) is 6.92 Å². The zero-order valence-electron chi connectivity index (χ0n) is 8.98. The molecule has 0 radical (unpaired) electrons. The summed E-state index contributed by atoms with van der Waals surface area (Å²) in [4.78, 5) is 10.1. The molecule has 0 aromatic rings. The first-order valence-corrected chi connectivity index (χ1v) is 5.34. The van der Waals surface area contributed by atoms with Crippen LogP contribution in [0, 0.1) is 16.0 Å². The Morgan fingerprint density at radius 1 is 1.53 bits per heavy atom. The number of nitrogens with one attached hydrogen (secondary N) is 1. The molecule has 1 aliphatic rings. The topological polar surface area (TPSA) is 93.5 Å². The molecule has 0 aromatic carbocycles. The molecular weight excluding hydrogens is 196 g/mol. The van der Waals surface area contributed by atoms with Crippen molar-refractivity contribution in [1.82, 2.24) is 5.32 Å². The van der Waals surface area contributed by atoms with Crippen molar-refractivity contribution in [2.24, 2.45) is 16.8 Å². The second-order valence-electron chi connectivity index (χ2n) is 4.05. The largest absolute Gasteiger partial charge is 0.365 e. The number of hydrazone groups is 1. The maximum absolute atomic E-state index is 10.1. The van der Waals surface area contributed by atoms with Gasteiger partial charge in [-0.3, -0.25) is 0 Å². The number of nitrogens with two attached hydrogens (primary N) is 1. The third kappa shape index (κ3) is 4.14. The average Bonchev–Trinajstić information content (AvgIpc) is 2.17. The van der Waals surface area contributed by atoms with Gasteiger partial charge in [0.15, 0.2) is 5.03 Å². The SMILES string of the molecule is C[C@H](N/C(N)=N/[N+](=O)[O-])C1CCCCC1. The van der Waals surface area contributed by atoms with Crippen LogP contribution in [0.3, 0.4) is 0 Å². The van der Waals surface area contributed by atoms with E-state index in [0.717, 1.165) is 0 Å². The minimum Gasteiger partial charge on any atom is -0.365 e. The molecule has 15 heavy (non-hydrogen) atoms. The van der Waals surface area contributed by atoms with Crippen LogP contribution in [0.15, 0.2) is 5.10 Å². The monoisotopic (exact) mass is 214 g/mol. The predicted molar refractivity (Wildman–Crippen MR) is 57.8 cm³/mol. The molecule has 1 aliphatic carbocycles. The molecule has 1 saturated carbocycles. The van der Waals surface area contributed by atoms with Gasteiger partial charge in [-0.25, -0.2) is 10.1 Å². The van der Waals surface area contributed by atoms with E-state index in [9.17, 15) is 10.1 Å². The summed E-state index contributed by atoms with van der Waals surface area (Å²) in [7, 11) is 0. The fourth-order valence-corrected chi connectivity index (χ4v) is 2.10. The van der Waals surface area contributed by atoms with Crippen molar-refractivity contribution in [3.63, 3.8) is 0 Å². The molecule has 3 N–H and O–H groups in total. The number of hydrogen-bond donors (Lipinski definition) is 2. The molecule has 6 nitrogen and oxygen atoms in total. The zero-order valence-corrected chi connectivity index (χ0v) is 8.98. The maximum atomic E-state index is 10.1. The van der Waals surface area contributed by atoms with Gasteiger partial charge >= 0.3 is 0 Å². The molecule has 6 heteroatoms. The third-order valence-electron chi connectivity index (χ3n) is 2.92. The van der Waals surface area contributed by atoms with Crippen molar-refractivity contribution >= 4 is 5.96 Å².